The number of rotatable bonds is 3. The first-order valence-electron chi connectivity index (χ1n) is 6.57. The quantitative estimate of drug-likeness (QED) is 0.551. The van der Waals surface area contributed by atoms with E-state index >= 15 is 0 Å². The minimum atomic E-state index is -0.531. The molecule has 0 aliphatic carbocycles. The van der Waals surface area contributed by atoms with Gasteiger partial charge in [0.2, 0.25) is 5.95 Å². The van der Waals surface area contributed by atoms with E-state index in [1.165, 1.54) is 12.3 Å². The van der Waals surface area contributed by atoms with E-state index in [0.29, 0.717) is 22.2 Å². The van der Waals surface area contributed by atoms with Crippen LogP contribution in [-0.4, -0.2) is 4.98 Å². The fourth-order valence-corrected chi connectivity index (χ4v) is 2.23. The lowest BCUT2D eigenvalue weighted by molar-refractivity contribution is 0.484. The molecule has 3 rings (SSSR count). The van der Waals surface area contributed by atoms with Gasteiger partial charge in [-0.2, -0.15) is 4.39 Å². The van der Waals surface area contributed by atoms with Gasteiger partial charge in [0.05, 0.1) is 0 Å². The summed E-state index contributed by atoms with van der Waals surface area (Å²) in [5.74, 6) is 0.613. The van der Waals surface area contributed by atoms with Gasteiger partial charge in [0.15, 0.2) is 0 Å². The summed E-state index contributed by atoms with van der Waals surface area (Å²) >= 11 is 5.96. The lowest BCUT2D eigenvalue weighted by atomic mass is 10.1. The van der Waals surface area contributed by atoms with Crippen molar-refractivity contribution < 1.29 is 9.13 Å². The predicted molar refractivity (Wildman–Crippen MR) is 85.6 cm³/mol. The van der Waals surface area contributed by atoms with Crippen molar-refractivity contribution in [3.63, 3.8) is 0 Å². The number of pyridine rings is 1. The van der Waals surface area contributed by atoms with E-state index in [2.05, 4.69) is 4.98 Å². The van der Waals surface area contributed by atoms with Crippen molar-refractivity contribution in [3.8, 4) is 22.6 Å². The molecule has 0 aliphatic rings. The van der Waals surface area contributed by atoms with Crippen LogP contribution < -0.4 is 10.5 Å². The van der Waals surface area contributed by atoms with E-state index in [9.17, 15) is 4.39 Å². The van der Waals surface area contributed by atoms with Crippen LogP contribution in [-0.2, 0) is 0 Å². The number of aromatic nitrogens is 1. The van der Waals surface area contributed by atoms with Crippen molar-refractivity contribution >= 4 is 17.3 Å². The van der Waals surface area contributed by atoms with Crippen LogP contribution in [0.15, 0.2) is 60.8 Å². The van der Waals surface area contributed by atoms with Crippen LogP contribution in [0.2, 0.25) is 5.02 Å². The molecule has 22 heavy (non-hydrogen) atoms. The molecule has 2 N–H and O–H groups in total. The monoisotopic (exact) mass is 314 g/mol. The van der Waals surface area contributed by atoms with Crippen molar-refractivity contribution in [2.45, 2.75) is 0 Å². The first-order valence-corrected chi connectivity index (χ1v) is 6.94. The molecule has 5 heteroatoms. The second kappa shape index (κ2) is 6.03. The molecule has 2 aromatic carbocycles. The van der Waals surface area contributed by atoms with E-state index < -0.39 is 5.95 Å². The maximum absolute atomic E-state index is 13.0. The summed E-state index contributed by atoms with van der Waals surface area (Å²) in [4.78, 5) is 3.67. The summed E-state index contributed by atoms with van der Waals surface area (Å²) in [6.07, 6.45) is 1.45. The Labute approximate surface area is 132 Å². The molecule has 3 aromatic rings. The van der Waals surface area contributed by atoms with Gasteiger partial charge < -0.3 is 10.5 Å². The van der Waals surface area contributed by atoms with Crippen LogP contribution >= 0.6 is 11.6 Å². The van der Waals surface area contributed by atoms with Crippen molar-refractivity contribution in [3.05, 3.63) is 71.8 Å². The molecule has 1 aromatic heterocycles. The normalized spacial score (nSPS) is 10.5. The number of hydrogen-bond acceptors (Lipinski definition) is 3. The number of ether oxygens (including phenoxy) is 1. The minimum absolute atomic E-state index is 0.531. The summed E-state index contributed by atoms with van der Waals surface area (Å²) < 4.78 is 18.9. The maximum atomic E-state index is 13.0. The van der Waals surface area contributed by atoms with Crippen molar-refractivity contribution in [1.82, 2.24) is 4.98 Å². The first-order chi connectivity index (χ1) is 10.6. The highest BCUT2D eigenvalue weighted by molar-refractivity contribution is 6.30. The first kappa shape index (κ1) is 14.4. The SMILES string of the molecule is Nc1ccc(-c2ccc(F)nc2)c(Oc2cccc(Cl)c2)c1. The number of benzene rings is 2. The van der Waals surface area contributed by atoms with Crippen molar-refractivity contribution in [2.24, 2.45) is 0 Å². The van der Waals surface area contributed by atoms with E-state index in [1.54, 1.807) is 42.5 Å². The highest BCUT2D eigenvalue weighted by atomic mass is 35.5. The highest BCUT2D eigenvalue weighted by Crippen LogP contribution is 2.35. The van der Waals surface area contributed by atoms with E-state index in [-0.39, 0.29) is 0 Å². The zero-order valence-electron chi connectivity index (χ0n) is 11.5. The summed E-state index contributed by atoms with van der Waals surface area (Å²) in [6, 6.07) is 15.3. The number of nitrogens with zero attached hydrogens (tertiary/aromatic N) is 1. The van der Waals surface area contributed by atoms with E-state index in [0.717, 1.165) is 11.1 Å². The Kier molecular flexibility index (Phi) is 3.94. The van der Waals surface area contributed by atoms with Gasteiger partial charge in [0.1, 0.15) is 11.5 Å². The molecular weight excluding hydrogens is 303 g/mol. The molecule has 1 heterocycles. The number of nitrogens with two attached hydrogens (primary N) is 1. The molecule has 0 saturated carbocycles. The largest absolute Gasteiger partial charge is 0.457 e. The molecule has 110 valence electrons. The van der Waals surface area contributed by atoms with Gasteiger partial charge in [-0.3, -0.25) is 0 Å². The van der Waals surface area contributed by atoms with E-state index in [1.807, 2.05) is 6.07 Å². The van der Waals surface area contributed by atoms with Gasteiger partial charge in [-0.15, -0.1) is 0 Å². The molecule has 0 saturated heterocycles. The van der Waals surface area contributed by atoms with Crippen LogP contribution in [0, 0.1) is 5.95 Å². The fraction of sp³-hybridized carbons (Fsp3) is 0. The van der Waals surface area contributed by atoms with Crippen LogP contribution in [0.4, 0.5) is 10.1 Å². The lowest BCUT2D eigenvalue weighted by Crippen LogP contribution is -1.92. The summed E-state index contributed by atoms with van der Waals surface area (Å²) in [6.45, 7) is 0. The van der Waals surface area contributed by atoms with Gasteiger partial charge in [0, 0.05) is 34.1 Å². The summed E-state index contributed by atoms with van der Waals surface area (Å²) in [5.41, 5.74) is 7.90. The Morgan fingerprint density at radius 3 is 2.64 bits per heavy atom. The van der Waals surface area contributed by atoms with Crippen LogP contribution in [0.3, 0.4) is 0 Å². The van der Waals surface area contributed by atoms with Crippen LogP contribution in [0.25, 0.3) is 11.1 Å². The topological polar surface area (TPSA) is 48.1 Å². The molecule has 0 aliphatic heterocycles. The number of hydrogen-bond donors (Lipinski definition) is 1. The maximum Gasteiger partial charge on any atom is 0.212 e. The molecule has 3 nitrogen and oxygen atoms in total. The summed E-state index contributed by atoms with van der Waals surface area (Å²) in [7, 11) is 0. The molecule has 0 amide bonds. The highest BCUT2D eigenvalue weighted by Gasteiger charge is 2.09. The molecule has 0 spiro atoms. The molecule has 0 fully saturated rings. The average molecular weight is 315 g/mol. The standard InChI is InChI=1S/C17H12ClFN2O/c18-12-2-1-3-14(8-12)22-16-9-13(20)5-6-15(16)11-4-7-17(19)21-10-11/h1-10H,20H2. The average Bonchev–Trinajstić information content (AvgIpc) is 2.49. The smallest absolute Gasteiger partial charge is 0.212 e. The summed E-state index contributed by atoms with van der Waals surface area (Å²) in [5, 5.41) is 0.575. The molecular formula is C17H12ClFN2O. The molecule has 0 bridgehead atoms. The second-order valence-electron chi connectivity index (χ2n) is 4.68. The fourth-order valence-electron chi connectivity index (χ4n) is 2.05. The Morgan fingerprint density at radius 1 is 1.05 bits per heavy atom. The van der Waals surface area contributed by atoms with Crippen LogP contribution in [0.5, 0.6) is 11.5 Å². The van der Waals surface area contributed by atoms with Gasteiger partial charge in [-0.1, -0.05) is 17.7 Å². The van der Waals surface area contributed by atoms with Gasteiger partial charge >= 0.3 is 0 Å². The Bertz CT molecular complexity index is 806. The molecule has 0 atom stereocenters. The predicted octanol–water partition coefficient (Wildman–Crippen LogP) is 4.92. The van der Waals surface area contributed by atoms with Crippen molar-refractivity contribution in [1.29, 1.82) is 0 Å². The zero-order chi connectivity index (χ0) is 15.5. The second-order valence-corrected chi connectivity index (χ2v) is 5.12. The third-order valence-electron chi connectivity index (χ3n) is 3.07. The number of halogens is 2. The van der Waals surface area contributed by atoms with Gasteiger partial charge in [-0.05, 0) is 42.5 Å². The van der Waals surface area contributed by atoms with Gasteiger partial charge in [0.25, 0.3) is 0 Å². The third kappa shape index (κ3) is 3.18. The number of anilines is 1. The Hall–Kier alpha value is -2.59. The van der Waals surface area contributed by atoms with E-state index in [4.69, 9.17) is 22.1 Å². The van der Waals surface area contributed by atoms with Crippen molar-refractivity contribution in [2.75, 3.05) is 5.73 Å². The molecule has 0 radical (unpaired) electrons. The third-order valence-corrected chi connectivity index (χ3v) is 3.30. The minimum Gasteiger partial charge on any atom is -0.457 e. The Balaban J connectivity index is 2.02. The van der Waals surface area contributed by atoms with Gasteiger partial charge in [-0.25, -0.2) is 4.98 Å². The lowest BCUT2D eigenvalue weighted by Gasteiger charge is -2.12. The Morgan fingerprint density at radius 2 is 1.91 bits per heavy atom. The van der Waals surface area contributed by atoms with Crippen LogP contribution in [0.1, 0.15) is 0 Å². The number of nitrogen functional groups attached to an aromatic ring is 1. The zero-order valence-corrected chi connectivity index (χ0v) is 12.2. The molecule has 0 unspecified atom stereocenters.